The van der Waals surface area contributed by atoms with Crippen LogP contribution in [-0.4, -0.2) is 40.5 Å². The SMILES string of the molecule is COCc1c(C(C)C)nc(C(C)C)c(/C=C/[C@@H](O)C[C@@H](O)CC(=O)[O-])c1-c1ccc(F)cc1.[Na+]. The van der Waals surface area contributed by atoms with Crippen LogP contribution in [0, 0.1) is 5.82 Å². The zero-order chi connectivity index (χ0) is 24.7. The van der Waals surface area contributed by atoms with Crippen LogP contribution in [0.2, 0.25) is 0 Å². The average molecular weight is 482 g/mol. The maximum absolute atomic E-state index is 13.7. The van der Waals surface area contributed by atoms with Gasteiger partial charge in [0.25, 0.3) is 0 Å². The largest absolute Gasteiger partial charge is 1.00 e. The van der Waals surface area contributed by atoms with Crippen molar-refractivity contribution in [2.45, 2.75) is 71.2 Å². The van der Waals surface area contributed by atoms with Crippen LogP contribution in [0.1, 0.15) is 74.9 Å². The molecule has 0 radical (unpaired) electrons. The predicted molar refractivity (Wildman–Crippen MR) is 124 cm³/mol. The van der Waals surface area contributed by atoms with Crippen LogP contribution in [0.3, 0.4) is 0 Å². The van der Waals surface area contributed by atoms with Gasteiger partial charge in [-0.1, -0.05) is 52.0 Å². The normalized spacial score (nSPS) is 13.4. The molecule has 2 N–H and O–H groups in total. The number of nitrogens with zero attached hydrogens (tertiary/aromatic N) is 1. The maximum atomic E-state index is 13.7. The van der Waals surface area contributed by atoms with Crippen LogP contribution in [0.15, 0.2) is 30.3 Å². The van der Waals surface area contributed by atoms with E-state index in [0.717, 1.165) is 33.6 Å². The molecule has 0 aliphatic carbocycles. The summed E-state index contributed by atoms with van der Waals surface area (Å²) in [5, 5.41) is 30.9. The van der Waals surface area contributed by atoms with Gasteiger partial charge >= 0.3 is 29.6 Å². The Morgan fingerprint density at radius 1 is 1.12 bits per heavy atom. The molecule has 1 aromatic heterocycles. The van der Waals surface area contributed by atoms with Gasteiger partial charge in [-0.2, -0.15) is 0 Å². The van der Waals surface area contributed by atoms with E-state index < -0.39 is 24.6 Å². The van der Waals surface area contributed by atoms with Gasteiger partial charge in [-0.15, -0.1) is 0 Å². The minimum absolute atomic E-state index is 0. The number of carbonyl (C=O) groups excluding carboxylic acids is 1. The van der Waals surface area contributed by atoms with Gasteiger partial charge in [0.1, 0.15) is 5.82 Å². The second-order valence-corrected chi connectivity index (χ2v) is 8.79. The van der Waals surface area contributed by atoms with E-state index in [-0.39, 0.29) is 53.6 Å². The molecule has 1 aromatic carbocycles. The number of aliphatic hydroxyl groups excluding tert-OH is 2. The summed E-state index contributed by atoms with van der Waals surface area (Å²) in [4.78, 5) is 15.6. The standard InChI is InChI=1S/C26H34FNO5.Na/c1-15(2)25-21(11-10-19(29)12-20(30)13-23(31)32)24(17-6-8-18(27)9-7-17)22(14-33-5)26(28-25)16(3)4;/h6-11,15-16,19-20,29-30H,12-14H2,1-5H3,(H,31,32);/q;+1/p-1/b11-10+;/t19-,20-;/m1./s1. The molecule has 1 heterocycles. The number of aromatic nitrogens is 1. The summed E-state index contributed by atoms with van der Waals surface area (Å²) in [6.07, 6.45) is 0.264. The smallest absolute Gasteiger partial charge is 0.550 e. The van der Waals surface area contributed by atoms with E-state index in [1.54, 1.807) is 25.3 Å². The van der Waals surface area contributed by atoms with E-state index in [2.05, 4.69) is 13.8 Å². The molecular formula is C26H33FNNaO5. The third-order valence-corrected chi connectivity index (χ3v) is 5.31. The minimum Gasteiger partial charge on any atom is -0.550 e. The van der Waals surface area contributed by atoms with E-state index in [4.69, 9.17) is 9.72 Å². The molecular weight excluding hydrogens is 448 g/mol. The summed E-state index contributed by atoms with van der Waals surface area (Å²) < 4.78 is 19.2. The van der Waals surface area contributed by atoms with Gasteiger partial charge < -0.3 is 24.9 Å². The van der Waals surface area contributed by atoms with E-state index in [9.17, 15) is 24.5 Å². The molecule has 0 saturated heterocycles. The van der Waals surface area contributed by atoms with Crippen molar-refractivity contribution in [1.82, 2.24) is 4.98 Å². The van der Waals surface area contributed by atoms with Gasteiger partial charge in [0, 0.05) is 42.7 Å². The fourth-order valence-electron chi connectivity index (χ4n) is 3.84. The number of ether oxygens (including phenoxy) is 1. The van der Waals surface area contributed by atoms with Gasteiger partial charge in [0.05, 0.1) is 24.5 Å². The van der Waals surface area contributed by atoms with Crippen molar-refractivity contribution in [2.75, 3.05) is 7.11 Å². The quantitative estimate of drug-likeness (QED) is 0.455. The van der Waals surface area contributed by atoms with E-state index in [1.165, 1.54) is 18.2 Å². The molecule has 6 nitrogen and oxygen atoms in total. The summed E-state index contributed by atoms with van der Waals surface area (Å²) in [7, 11) is 1.60. The zero-order valence-corrected chi connectivity index (χ0v) is 22.8. The summed E-state index contributed by atoms with van der Waals surface area (Å²) in [6, 6.07) is 6.20. The van der Waals surface area contributed by atoms with Crippen LogP contribution in [-0.2, 0) is 16.1 Å². The average Bonchev–Trinajstić information content (AvgIpc) is 2.72. The number of rotatable bonds is 11. The molecule has 180 valence electrons. The molecule has 0 aliphatic heterocycles. The Morgan fingerprint density at radius 3 is 2.21 bits per heavy atom. The monoisotopic (exact) mass is 481 g/mol. The number of hydrogen-bond donors (Lipinski definition) is 2. The zero-order valence-electron chi connectivity index (χ0n) is 20.8. The first-order valence-electron chi connectivity index (χ1n) is 11.1. The molecule has 2 aromatic rings. The van der Waals surface area contributed by atoms with Gasteiger partial charge in [-0.3, -0.25) is 4.98 Å². The Morgan fingerprint density at radius 2 is 1.71 bits per heavy atom. The number of carboxylic acids is 1. The molecule has 34 heavy (non-hydrogen) atoms. The topological polar surface area (TPSA) is 103 Å². The first-order chi connectivity index (χ1) is 15.5. The van der Waals surface area contributed by atoms with Crippen LogP contribution in [0.4, 0.5) is 4.39 Å². The van der Waals surface area contributed by atoms with E-state index >= 15 is 0 Å². The molecule has 0 amide bonds. The molecule has 0 unspecified atom stereocenters. The first-order valence-corrected chi connectivity index (χ1v) is 11.1. The van der Waals surface area contributed by atoms with Gasteiger partial charge in [-0.05, 0) is 35.1 Å². The number of carboxylic acid groups (broad SMARTS) is 1. The number of methoxy groups -OCH3 is 1. The molecule has 2 rings (SSSR count). The molecule has 0 saturated carbocycles. The summed E-state index contributed by atoms with van der Waals surface area (Å²) in [5.74, 6) is -1.55. The molecule has 8 heteroatoms. The van der Waals surface area contributed by atoms with Crippen molar-refractivity contribution in [3.05, 3.63) is 58.7 Å². The Balaban J connectivity index is 0.00000578. The van der Waals surface area contributed by atoms with Gasteiger partial charge in [0.15, 0.2) is 0 Å². The van der Waals surface area contributed by atoms with E-state index in [0.29, 0.717) is 6.61 Å². The fraction of sp³-hybridized carbons (Fsp3) is 0.462. The van der Waals surface area contributed by atoms with Crippen molar-refractivity contribution in [2.24, 2.45) is 0 Å². The second kappa shape index (κ2) is 14.1. The maximum Gasteiger partial charge on any atom is 1.00 e. The minimum atomic E-state index is -1.38. The number of halogens is 1. The van der Waals surface area contributed by atoms with Crippen molar-refractivity contribution in [3.8, 4) is 11.1 Å². The molecule has 2 atom stereocenters. The number of benzene rings is 1. The summed E-state index contributed by atoms with van der Waals surface area (Å²) in [5.41, 5.74) is 4.99. The Kier molecular flexibility index (Phi) is 12.6. The molecule has 0 fully saturated rings. The van der Waals surface area contributed by atoms with Crippen LogP contribution in [0.25, 0.3) is 17.2 Å². The molecule has 0 spiro atoms. The van der Waals surface area contributed by atoms with Crippen molar-refractivity contribution >= 4 is 12.0 Å². The fourth-order valence-corrected chi connectivity index (χ4v) is 3.84. The number of carbonyl (C=O) groups is 1. The number of pyridine rings is 1. The summed E-state index contributed by atoms with van der Waals surface area (Å²) >= 11 is 0. The van der Waals surface area contributed by atoms with E-state index in [1.807, 2.05) is 13.8 Å². The third-order valence-electron chi connectivity index (χ3n) is 5.31. The van der Waals surface area contributed by atoms with Crippen molar-refractivity contribution in [3.63, 3.8) is 0 Å². The van der Waals surface area contributed by atoms with Crippen LogP contribution in [0.5, 0.6) is 0 Å². The second-order valence-electron chi connectivity index (χ2n) is 8.79. The number of hydrogen-bond acceptors (Lipinski definition) is 6. The van der Waals surface area contributed by atoms with Crippen molar-refractivity contribution < 1.29 is 58.8 Å². The predicted octanol–water partition coefficient (Wildman–Crippen LogP) is 0.550. The van der Waals surface area contributed by atoms with Gasteiger partial charge in [0.2, 0.25) is 0 Å². The van der Waals surface area contributed by atoms with Crippen LogP contribution >= 0.6 is 0 Å². The van der Waals surface area contributed by atoms with Gasteiger partial charge in [-0.25, -0.2) is 4.39 Å². The Labute approximate surface area is 223 Å². The van der Waals surface area contributed by atoms with Crippen LogP contribution < -0.4 is 34.7 Å². The Bertz CT molecular complexity index is 976. The number of aliphatic carboxylic acids is 1. The Hall–Kier alpha value is -1.61. The third kappa shape index (κ3) is 8.26. The molecule has 0 aliphatic rings. The molecule has 0 bridgehead atoms. The summed E-state index contributed by atoms with van der Waals surface area (Å²) in [6.45, 7) is 8.46. The number of aliphatic hydroxyl groups is 2. The van der Waals surface area contributed by atoms with Crippen molar-refractivity contribution in [1.29, 1.82) is 0 Å². The first kappa shape index (κ1) is 30.4.